The summed E-state index contributed by atoms with van der Waals surface area (Å²) >= 11 is 5.60. The summed E-state index contributed by atoms with van der Waals surface area (Å²) in [7, 11) is 1.39. The molecule has 8 nitrogen and oxygen atoms in total. The summed E-state index contributed by atoms with van der Waals surface area (Å²) in [5.74, 6) is 0.357. The molecular formula is C21H32N4O4S. The number of nitrogens with zero attached hydrogens (tertiary/aromatic N) is 3. The number of carbonyl (C=O) groups is 2. The number of esters is 1. The maximum Gasteiger partial charge on any atom is 0.328 e. The molecule has 1 amide bonds. The zero-order valence-corrected chi connectivity index (χ0v) is 19.3. The van der Waals surface area contributed by atoms with Gasteiger partial charge in [-0.15, -0.1) is 0 Å². The number of aryl methyl sites for hydroxylation is 2. The summed E-state index contributed by atoms with van der Waals surface area (Å²) in [5, 5.41) is 7.70. The Hall–Kier alpha value is -2.16. The topological polar surface area (TPSA) is 87.9 Å². The Morgan fingerprint density at radius 3 is 2.27 bits per heavy atom. The van der Waals surface area contributed by atoms with E-state index in [1.54, 1.807) is 13.8 Å². The standard InChI is InChI=1S/C21H32N4O4S/c1-13(2)17(19(27)28-5)22-20(30)25-11-8-21(12-25)6-9-24(10-7-21)18(26)16-14(3)23-29-15(16)4/h13,17H,6-12H2,1-5H3,(H,22,30). The number of carbonyl (C=O) groups excluding carboxylic acids is 2. The predicted octanol–water partition coefficient (Wildman–Crippen LogP) is 2.29. The molecule has 1 unspecified atom stereocenters. The van der Waals surface area contributed by atoms with E-state index >= 15 is 0 Å². The molecule has 0 bridgehead atoms. The van der Waals surface area contributed by atoms with Crippen LogP contribution in [0.25, 0.3) is 0 Å². The molecule has 0 aromatic carbocycles. The Balaban J connectivity index is 1.57. The minimum atomic E-state index is -0.450. The van der Waals surface area contributed by atoms with Gasteiger partial charge in [-0.2, -0.15) is 0 Å². The Morgan fingerprint density at radius 1 is 1.17 bits per heavy atom. The first-order chi connectivity index (χ1) is 14.2. The van der Waals surface area contributed by atoms with Crippen LogP contribution in [0, 0.1) is 25.2 Å². The molecule has 1 aromatic rings. The minimum absolute atomic E-state index is 0.00555. The molecule has 1 atom stereocenters. The van der Waals surface area contributed by atoms with Gasteiger partial charge in [-0.25, -0.2) is 4.79 Å². The maximum absolute atomic E-state index is 12.9. The molecule has 1 spiro atoms. The van der Waals surface area contributed by atoms with E-state index < -0.39 is 6.04 Å². The predicted molar refractivity (Wildman–Crippen MR) is 116 cm³/mol. The van der Waals surface area contributed by atoms with E-state index in [-0.39, 0.29) is 23.2 Å². The van der Waals surface area contributed by atoms with Crippen LogP contribution in [0.1, 0.15) is 54.9 Å². The first kappa shape index (κ1) is 22.5. The molecule has 0 radical (unpaired) electrons. The molecular weight excluding hydrogens is 404 g/mol. The van der Waals surface area contributed by atoms with Gasteiger partial charge in [0.25, 0.3) is 5.91 Å². The Labute approximate surface area is 183 Å². The van der Waals surface area contributed by atoms with Crippen LogP contribution in [0.4, 0.5) is 0 Å². The number of thiocarbonyl (C=S) groups is 1. The van der Waals surface area contributed by atoms with Crippen molar-refractivity contribution in [3.8, 4) is 0 Å². The van der Waals surface area contributed by atoms with Gasteiger partial charge in [0.05, 0.1) is 12.8 Å². The van der Waals surface area contributed by atoms with E-state index in [2.05, 4.69) is 15.4 Å². The lowest BCUT2D eigenvalue weighted by Crippen LogP contribution is -2.51. The molecule has 3 heterocycles. The first-order valence-corrected chi connectivity index (χ1v) is 10.9. The molecule has 2 aliphatic heterocycles. The number of rotatable bonds is 4. The number of nitrogens with one attached hydrogen (secondary N) is 1. The van der Waals surface area contributed by atoms with Crippen molar-refractivity contribution in [1.82, 2.24) is 20.3 Å². The molecule has 2 fully saturated rings. The largest absolute Gasteiger partial charge is 0.467 e. The summed E-state index contributed by atoms with van der Waals surface area (Å²) in [6.07, 6.45) is 2.91. The van der Waals surface area contributed by atoms with Crippen LogP contribution < -0.4 is 5.32 Å². The van der Waals surface area contributed by atoms with Crippen LogP contribution in [0.15, 0.2) is 4.52 Å². The number of piperidine rings is 1. The smallest absolute Gasteiger partial charge is 0.328 e. The Bertz CT molecular complexity index is 794. The number of amides is 1. The maximum atomic E-state index is 12.9. The van der Waals surface area contributed by atoms with Gasteiger partial charge in [0.1, 0.15) is 17.4 Å². The van der Waals surface area contributed by atoms with Crippen molar-refractivity contribution < 1.29 is 18.8 Å². The monoisotopic (exact) mass is 436 g/mol. The average Bonchev–Trinajstić information content (AvgIpc) is 3.28. The third-order valence-corrected chi connectivity index (χ3v) is 6.86. The third kappa shape index (κ3) is 4.45. The molecule has 1 N–H and O–H groups in total. The van der Waals surface area contributed by atoms with Crippen molar-refractivity contribution in [1.29, 1.82) is 0 Å². The Kier molecular flexibility index (Phi) is 6.69. The highest BCUT2D eigenvalue weighted by atomic mass is 32.1. The van der Waals surface area contributed by atoms with E-state index in [1.165, 1.54) is 7.11 Å². The van der Waals surface area contributed by atoms with Crippen LogP contribution in [-0.4, -0.2) is 71.3 Å². The van der Waals surface area contributed by atoms with Crippen LogP contribution in [0.2, 0.25) is 0 Å². The van der Waals surface area contributed by atoms with Crippen LogP contribution in [-0.2, 0) is 9.53 Å². The van der Waals surface area contributed by atoms with Crippen LogP contribution in [0.5, 0.6) is 0 Å². The molecule has 0 saturated carbocycles. The number of hydrogen-bond donors (Lipinski definition) is 1. The fourth-order valence-corrected chi connectivity index (χ4v) is 4.78. The fraction of sp³-hybridized carbons (Fsp3) is 0.714. The number of likely N-dealkylation sites (tertiary alicyclic amines) is 2. The first-order valence-electron chi connectivity index (χ1n) is 10.5. The highest BCUT2D eigenvalue weighted by molar-refractivity contribution is 7.80. The number of ether oxygens (including phenoxy) is 1. The molecule has 3 rings (SSSR count). The second-order valence-electron chi connectivity index (χ2n) is 8.86. The number of aromatic nitrogens is 1. The van der Waals surface area contributed by atoms with Crippen molar-refractivity contribution in [3.63, 3.8) is 0 Å². The van der Waals surface area contributed by atoms with Crippen molar-refractivity contribution in [2.24, 2.45) is 11.3 Å². The molecule has 30 heavy (non-hydrogen) atoms. The fourth-order valence-electron chi connectivity index (χ4n) is 4.50. The van der Waals surface area contributed by atoms with Crippen LogP contribution >= 0.6 is 12.2 Å². The van der Waals surface area contributed by atoms with E-state index in [9.17, 15) is 9.59 Å². The van der Waals surface area contributed by atoms with Gasteiger partial charge in [0.2, 0.25) is 0 Å². The number of hydrogen-bond acceptors (Lipinski definition) is 6. The zero-order valence-electron chi connectivity index (χ0n) is 18.5. The summed E-state index contributed by atoms with van der Waals surface area (Å²) in [5.41, 5.74) is 1.39. The van der Waals surface area contributed by atoms with Gasteiger partial charge in [-0.1, -0.05) is 19.0 Å². The van der Waals surface area contributed by atoms with E-state index in [1.807, 2.05) is 18.7 Å². The summed E-state index contributed by atoms with van der Waals surface area (Å²) in [6.45, 7) is 10.6. The van der Waals surface area contributed by atoms with Gasteiger partial charge in [-0.05, 0) is 56.7 Å². The SMILES string of the molecule is COC(=O)C(NC(=S)N1CCC2(CCN(C(=O)c3c(C)noc3C)CC2)C1)C(C)C. The van der Waals surface area contributed by atoms with Gasteiger partial charge in [-0.3, -0.25) is 4.79 Å². The van der Waals surface area contributed by atoms with E-state index in [0.29, 0.717) is 35.2 Å². The van der Waals surface area contributed by atoms with Gasteiger partial charge < -0.3 is 24.4 Å². The summed E-state index contributed by atoms with van der Waals surface area (Å²) < 4.78 is 10.1. The van der Waals surface area contributed by atoms with Crippen molar-refractivity contribution in [3.05, 3.63) is 17.0 Å². The average molecular weight is 437 g/mol. The molecule has 1 aromatic heterocycles. The summed E-state index contributed by atoms with van der Waals surface area (Å²) in [6, 6.07) is -0.450. The van der Waals surface area contributed by atoms with Gasteiger partial charge >= 0.3 is 5.97 Å². The van der Waals surface area contributed by atoms with Crippen LogP contribution in [0.3, 0.4) is 0 Å². The molecule has 9 heteroatoms. The normalized spacial score (nSPS) is 19.3. The summed E-state index contributed by atoms with van der Waals surface area (Å²) in [4.78, 5) is 29.0. The molecule has 2 saturated heterocycles. The molecule has 2 aliphatic rings. The van der Waals surface area contributed by atoms with Gasteiger partial charge in [0, 0.05) is 26.2 Å². The van der Waals surface area contributed by atoms with Gasteiger partial charge in [0.15, 0.2) is 5.11 Å². The van der Waals surface area contributed by atoms with Crippen molar-refractivity contribution in [2.45, 2.75) is 53.0 Å². The van der Waals surface area contributed by atoms with Crippen molar-refractivity contribution in [2.75, 3.05) is 33.3 Å². The Morgan fingerprint density at radius 2 is 1.77 bits per heavy atom. The zero-order chi connectivity index (χ0) is 22.1. The quantitative estimate of drug-likeness (QED) is 0.568. The minimum Gasteiger partial charge on any atom is -0.467 e. The second kappa shape index (κ2) is 8.91. The lowest BCUT2D eigenvalue weighted by molar-refractivity contribution is -0.143. The van der Waals surface area contributed by atoms with E-state index in [0.717, 1.165) is 32.4 Å². The van der Waals surface area contributed by atoms with E-state index in [4.69, 9.17) is 21.5 Å². The highest BCUT2D eigenvalue weighted by Crippen LogP contribution is 2.40. The lowest BCUT2D eigenvalue weighted by atomic mass is 9.77. The highest BCUT2D eigenvalue weighted by Gasteiger charge is 2.43. The molecule has 166 valence electrons. The lowest BCUT2D eigenvalue weighted by Gasteiger charge is -2.39. The number of methoxy groups -OCH3 is 1. The third-order valence-electron chi connectivity index (χ3n) is 6.48. The molecule has 0 aliphatic carbocycles. The van der Waals surface area contributed by atoms with Crippen molar-refractivity contribution >= 4 is 29.2 Å². The second-order valence-corrected chi connectivity index (χ2v) is 9.24.